The molecule has 0 amide bonds. The maximum atomic E-state index is 14.2. The van der Waals surface area contributed by atoms with Gasteiger partial charge in [-0.05, 0) is 367 Å². The number of hydrogen-bond acceptors (Lipinski definition) is 2. The molecule has 504 valence electrons. The minimum Gasteiger partial charge on any atom is -0.494 e. The largest absolute Gasteiger partial charge is 0.494 e. The Morgan fingerprint density at radius 1 is 0.413 bits per heavy atom. The van der Waals surface area contributed by atoms with Crippen molar-refractivity contribution in [1.82, 2.24) is 0 Å². The molecule has 8 saturated carbocycles. The Labute approximate surface area is 557 Å². The zero-order chi connectivity index (χ0) is 61.4. The van der Waals surface area contributed by atoms with Crippen molar-refractivity contribution in [3.8, 4) is 35.2 Å². The van der Waals surface area contributed by atoms with Crippen LogP contribution < -0.4 is 9.47 Å². The van der Waals surface area contributed by atoms with Gasteiger partial charge in [-0.2, -0.15) is 0 Å². The lowest BCUT2D eigenvalue weighted by Crippen LogP contribution is -2.41. The second-order valence-corrected chi connectivity index (χ2v) is 31.9. The maximum Gasteiger partial charge on any atom is 0.165 e. The summed E-state index contributed by atoms with van der Waals surface area (Å²) in [5.74, 6) is 22.1. The molecule has 12 aliphatic carbocycles. The number of ether oxygens (including phenoxy) is 2. The van der Waals surface area contributed by atoms with E-state index < -0.39 is 0 Å². The van der Waals surface area contributed by atoms with E-state index in [2.05, 4.69) is 70.4 Å². The van der Waals surface area contributed by atoms with E-state index in [9.17, 15) is 17.6 Å². The topological polar surface area (TPSA) is 18.5 Å². The number of fused-ring (bicyclic) bond motifs is 20. The zero-order valence-corrected chi connectivity index (χ0v) is 55.3. The Bertz CT molecular complexity index is 3390. The predicted octanol–water partition coefficient (Wildman–Crippen LogP) is 24.2. The monoisotopic (exact) mass is 1260 g/mol. The molecule has 4 aromatic rings. The Balaban J connectivity index is 0.000000143. The molecule has 0 aliphatic heterocycles. The Kier molecular flexibility index (Phi) is 22.2. The average molecular weight is 1260 g/mol. The van der Waals surface area contributed by atoms with E-state index in [0.717, 1.165) is 78.9 Å². The van der Waals surface area contributed by atoms with Crippen LogP contribution in [0, 0.1) is 122 Å². The lowest BCUT2D eigenvalue weighted by Gasteiger charge is -2.50. The van der Waals surface area contributed by atoms with Gasteiger partial charge in [-0.15, -0.1) is 11.8 Å². The molecule has 92 heavy (non-hydrogen) atoms. The molecule has 0 bridgehead atoms. The van der Waals surface area contributed by atoms with Crippen molar-refractivity contribution in [1.29, 1.82) is 0 Å². The van der Waals surface area contributed by atoms with Crippen molar-refractivity contribution in [2.45, 2.75) is 282 Å². The lowest BCUT2D eigenvalue weighted by atomic mass is 9.54. The zero-order valence-electron chi connectivity index (χ0n) is 55.3. The molecule has 0 N–H and O–H groups in total. The number of hydrogen-bond donors (Lipinski definition) is 0. The van der Waals surface area contributed by atoms with Crippen molar-refractivity contribution in [3.05, 3.63) is 127 Å². The number of methoxy groups -OCH3 is 1. The molecule has 16 rings (SSSR count). The fourth-order valence-corrected chi connectivity index (χ4v) is 23.4. The second kappa shape index (κ2) is 28.6. The maximum absolute atomic E-state index is 14.2. The van der Waals surface area contributed by atoms with Crippen molar-refractivity contribution in [2.75, 3.05) is 13.7 Å². The highest BCUT2D eigenvalue weighted by Gasteiger charge is 2.55. The van der Waals surface area contributed by atoms with Gasteiger partial charge >= 0.3 is 0 Å². The molecule has 17 atom stereocenters. The van der Waals surface area contributed by atoms with Crippen LogP contribution in [0.25, 0.3) is 0 Å². The predicted molar refractivity (Wildman–Crippen MR) is 377 cm³/mol. The molecule has 4 aromatic carbocycles. The molecule has 0 spiro atoms. The van der Waals surface area contributed by atoms with Crippen LogP contribution >= 0.6 is 0 Å². The second-order valence-electron chi connectivity index (χ2n) is 31.9. The first-order valence-electron chi connectivity index (χ1n) is 35.7. The SMILES string of the molecule is C.C.C.C.CC#Cc1cc2c(cc1F)CCC1C2CC[C@]2(C)C(C)CCC12.CC#Cc1cc2c(cc1F)CCC1C2CC[C@]2(C)CCCC12.CCOc1cc2c(cc1F)CCC1C2CC[C@]2(C)CCCC12.COc1cc2c(cc1F)CCC1C2CC[C@]2(C)CCCC12. The van der Waals surface area contributed by atoms with Crippen LogP contribution in [0.2, 0.25) is 0 Å². The number of halogens is 4. The number of benzene rings is 4. The molecule has 6 heteroatoms. The summed E-state index contributed by atoms with van der Waals surface area (Å²) in [5.41, 5.74) is 14.1. The highest BCUT2D eigenvalue weighted by atomic mass is 19.1. The van der Waals surface area contributed by atoms with Crippen LogP contribution in [-0.2, 0) is 25.7 Å². The van der Waals surface area contributed by atoms with Gasteiger partial charge in [0.05, 0.1) is 24.8 Å². The van der Waals surface area contributed by atoms with E-state index >= 15 is 0 Å². The number of aryl methyl sites for hydroxylation is 4. The van der Waals surface area contributed by atoms with E-state index in [4.69, 9.17) is 9.47 Å². The molecule has 12 aliphatic rings. The highest BCUT2D eigenvalue weighted by Crippen LogP contribution is 2.66. The normalized spacial score (nSPS) is 35.4. The summed E-state index contributed by atoms with van der Waals surface area (Å²) < 4.78 is 67.2. The van der Waals surface area contributed by atoms with Gasteiger partial charge in [0.1, 0.15) is 11.6 Å². The third kappa shape index (κ3) is 12.7. The van der Waals surface area contributed by atoms with Crippen molar-refractivity contribution < 1.29 is 27.0 Å². The van der Waals surface area contributed by atoms with Crippen molar-refractivity contribution >= 4 is 0 Å². The molecule has 8 fully saturated rings. The van der Waals surface area contributed by atoms with Gasteiger partial charge < -0.3 is 9.47 Å². The smallest absolute Gasteiger partial charge is 0.165 e. The summed E-state index contributed by atoms with van der Waals surface area (Å²) >= 11 is 0. The third-order valence-corrected chi connectivity index (χ3v) is 28.0. The first kappa shape index (κ1) is 71.6. The minimum atomic E-state index is -0.198. The third-order valence-electron chi connectivity index (χ3n) is 28.0. The van der Waals surface area contributed by atoms with Crippen LogP contribution in [0.15, 0.2) is 48.5 Å². The summed E-state index contributed by atoms with van der Waals surface area (Å²) in [6.07, 6.45) is 35.2. The van der Waals surface area contributed by atoms with E-state index in [0.29, 0.717) is 74.6 Å². The van der Waals surface area contributed by atoms with Crippen molar-refractivity contribution in [3.63, 3.8) is 0 Å². The Morgan fingerprint density at radius 2 is 0.761 bits per heavy atom. The molecule has 0 heterocycles. The van der Waals surface area contributed by atoms with E-state index in [1.54, 1.807) is 45.2 Å². The first-order chi connectivity index (χ1) is 42.4. The van der Waals surface area contributed by atoms with Crippen molar-refractivity contribution in [2.24, 2.45) is 74.9 Å². The lowest BCUT2D eigenvalue weighted by molar-refractivity contribution is 0.0336. The first-order valence-corrected chi connectivity index (χ1v) is 35.7. The quantitative estimate of drug-likeness (QED) is 0.150. The van der Waals surface area contributed by atoms with E-state index in [1.165, 1.54) is 192 Å². The van der Waals surface area contributed by atoms with E-state index in [-0.39, 0.29) is 53.0 Å². The molecular formula is C86H120F4O2. The highest BCUT2D eigenvalue weighted by molar-refractivity contribution is 5.48. The molecule has 0 saturated heterocycles. The molecule has 2 nitrogen and oxygen atoms in total. The van der Waals surface area contributed by atoms with Crippen LogP contribution in [0.5, 0.6) is 11.5 Å². The summed E-state index contributed by atoms with van der Waals surface area (Å²) in [6.45, 7) is 18.6. The minimum absolute atomic E-state index is 0. The fourth-order valence-electron chi connectivity index (χ4n) is 23.4. The van der Waals surface area contributed by atoms with Gasteiger partial charge in [-0.25, -0.2) is 17.6 Å². The fraction of sp³-hybridized carbons (Fsp3) is 0.674. The van der Waals surface area contributed by atoms with Crippen LogP contribution in [-0.4, -0.2) is 13.7 Å². The average Bonchev–Trinajstić information content (AvgIpc) is 1.36. The Hall–Kier alpha value is -4.68. The van der Waals surface area contributed by atoms with Gasteiger partial charge in [0.15, 0.2) is 23.1 Å². The molecule has 0 aromatic heterocycles. The number of rotatable bonds is 3. The molecule has 0 radical (unpaired) electrons. The summed E-state index contributed by atoms with van der Waals surface area (Å²) in [6, 6.07) is 15.2. The van der Waals surface area contributed by atoms with Crippen LogP contribution in [0.4, 0.5) is 17.6 Å². The molecular weight excluding hydrogens is 1140 g/mol. The summed E-state index contributed by atoms with van der Waals surface area (Å²) in [4.78, 5) is 0. The van der Waals surface area contributed by atoms with Gasteiger partial charge in [0, 0.05) is 0 Å². The van der Waals surface area contributed by atoms with Gasteiger partial charge in [-0.3, -0.25) is 0 Å². The van der Waals surface area contributed by atoms with Gasteiger partial charge in [0.25, 0.3) is 0 Å². The van der Waals surface area contributed by atoms with E-state index in [1.807, 2.05) is 19.1 Å². The standard InChI is InChI=1S/C22H27F.C21H25F.C20H27FO.C19H25FO.4CH4/c1-4-5-16-12-19-15(13-21(16)23)7-8-18-17(19)10-11-22(3)14(2)6-9-20(18)22;1-3-5-15-12-18-14(13-20(15)22)7-8-17-16(18)9-11-21(2)10-4-6-19(17)21;1-3-22-19-12-16-13(11-18(19)21)6-7-15-14(16)8-10-20(2)9-4-5-17(15)20;1-19-8-3-4-16(19)14-6-5-12-10-17(20)18(21-2)11-15(12)13(14)7-9-19;;;;/h12-14,17-18,20H,6-11H2,1-3H3;12-13,16-17,19H,4,6-11H2,1-2H3;11-12,14-15,17H,3-10H2,1-2H3;10-11,13-14,16H,3-9H2,1-2H3;4*1H4/t14?,17?,18?,20?,22-;16?,17?,19?,21-;14?,15?,17?,20-;13?,14?,16?,19-;;;;/m1000..../s1. The van der Waals surface area contributed by atoms with Crippen LogP contribution in [0.1, 0.15) is 312 Å². The summed E-state index contributed by atoms with van der Waals surface area (Å²) in [7, 11) is 1.57. The van der Waals surface area contributed by atoms with Gasteiger partial charge in [-0.1, -0.05) is 95.4 Å². The summed E-state index contributed by atoms with van der Waals surface area (Å²) in [5, 5.41) is 0. The molecule has 13 unspecified atom stereocenters. The Morgan fingerprint density at radius 3 is 1.14 bits per heavy atom. The van der Waals surface area contributed by atoms with Gasteiger partial charge in [0.2, 0.25) is 0 Å². The van der Waals surface area contributed by atoms with Crippen LogP contribution in [0.3, 0.4) is 0 Å².